The third kappa shape index (κ3) is 18.0. The number of hydrogen-bond acceptors (Lipinski definition) is 11. The van der Waals surface area contributed by atoms with E-state index < -0.39 is 0 Å². The van der Waals surface area contributed by atoms with E-state index in [9.17, 15) is 19.5 Å². The van der Waals surface area contributed by atoms with Crippen LogP contribution in [0.5, 0.6) is 11.5 Å². The van der Waals surface area contributed by atoms with Crippen molar-refractivity contribution in [1.82, 2.24) is 31.0 Å². The Hall–Kier alpha value is -3.93. The summed E-state index contributed by atoms with van der Waals surface area (Å²) in [5.74, 6) is 3.91. The van der Waals surface area contributed by atoms with E-state index in [1.807, 2.05) is 53.7 Å². The normalized spacial score (nSPS) is 16.9. The number of unbranched alkanes of at least 4 members (excludes halogenated alkanes) is 3. The second-order valence-corrected chi connectivity index (χ2v) is 19.9. The van der Waals surface area contributed by atoms with Crippen molar-refractivity contribution < 1.29 is 38.4 Å². The number of anilines is 1. The smallest absolute Gasteiger partial charge is 0.315 e. The number of carbonyl (C=O) groups excluding carboxylic acids is 3. The highest BCUT2D eigenvalue weighted by Gasteiger charge is 2.42. The number of nitrogens with zero attached hydrogens (tertiary/aromatic N) is 2. The molecule has 2 aromatic carbocycles. The molecule has 2 saturated heterocycles. The summed E-state index contributed by atoms with van der Waals surface area (Å²) in [4.78, 5) is 36.1. The first-order valence-electron chi connectivity index (χ1n) is 25.2. The molecule has 2 aliphatic heterocycles. The molecule has 69 heavy (non-hydrogen) atoms. The lowest BCUT2D eigenvalue weighted by molar-refractivity contribution is -0.121. The van der Waals surface area contributed by atoms with Gasteiger partial charge in [0.2, 0.25) is 11.8 Å². The minimum atomic E-state index is -0.0722. The van der Waals surface area contributed by atoms with Gasteiger partial charge in [0.25, 0.3) is 0 Å². The zero-order valence-electron chi connectivity index (χ0n) is 41.2. The van der Waals surface area contributed by atoms with Crippen LogP contribution in [-0.2, 0) is 38.6 Å². The van der Waals surface area contributed by atoms with E-state index in [-0.39, 0.29) is 36.5 Å². The minimum absolute atomic E-state index is 0.0367. The number of rotatable bonds is 32. The summed E-state index contributed by atoms with van der Waals surface area (Å²) < 4.78 is 25.6. The Balaban J connectivity index is 0.00000102. The fourth-order valence-electron chi connectivity index (χ4n) is 8.51. The molecule has 0 radical (unpaired) electrons. The van der Waals surface area contributed by atoms with Crippen molar-refractivity contribution in [2.75, 3.05) is 70.4 Å². The Morgan fingerprint density at radius 1 is 0.899 bits per heavy atom. The molecule has 2 fully saturated rings. The van der Waals surface area contributed by atoms with Crippen LogP contribution in [0.3, 0.4) is 0 Å². The summed E-state index contributed by atoms with van der Waals surface area (Å²) in [5, 5.41) is 31.1. The highest BCUT2D eigenvalue weighted by Crippen LogP contribution is 2.46. The molecule has 6 N–H and O–H groups in total. The first-order valence-corrected chi connectivity index (χ1v) is 27.0. The first kappa shape index (κ1) is 56.0. The Kier molecular flexibility index (Phi) is 24.9. The zero-order valence-corrected chi connectivity index (χ0v) is 43.6. The molecule has 0 spiro atoms. The molecule has 0 saturated carbocycles. The lowest BCUT2D eigenvalue weighted by Crippen LogP contribution is -2.36. The SMILES string of the molecule is CCCCC(C)CC.CCOc1cc2c(cc1OCCCO)-c1c(c(NCc3c(Cl)cccc3Cl)nn1CCOCCOCCNC(=O)CCCCNC(=O)CCCCC1SCC3NC(=O)NC31)C2. The number of fused-ring (bicyclic) bond motifs is 4. The van der Waals surface area contributed by atoms with Crippen molar-refractivity contribution >= 4 is 58.6 Å². The predicted molar refractivity (Wildman–Crippen MR) is 277 cm³/mol. The molecule has 4 amide bonds. The lowest BCUT2D eigenvalue weighted by Gasteiger charge is -2.16. The van der Waals surface area contributed by atoms with E-state index >= 15 is 0 Å². The quantitative estimate of drug-likeness (QED) is 0.0203. The number of aromatic nitrogens is 2. The standard InChI is InChI=1S/C43H59Cl2N7O8S.C8H18/c1-2-59-35-24-28-23-30-41(29(28)25-36(35)60-18-8-17-53)52(51-42(30)48-26-31-32(44)9-7-10-33(31)45)16-20-58-22-21-57-19-15-47-39(55)13-5-6-14-46-38(54)12-4-3-11-37-40-34(27-61-37)49-43(56)50-40;1-4-6-7-8(3)5-2/h7,9-10,24-25,34,37,40,53H,2-6,8,11-23,26-27H2,1H3,(H,46,54)(H,47,55)(H,48,51)(H2,49,50,56);8H,4-7H2,1-3H3. The summed E-state index contributed by atoms with van der Waals surface area (Å²) in [6.45, 7) is 13.1. The topological polar surface area (TPSA) is 186 Å². The number of thioether (sulfide) groups is 1. The molecule has 3 aliphatic rings. The van der Waals surface area contributed by atoms with E-state index in [4.69, 9.17) is 47.2 Å². The molecule has 3 aromatic rings. The second-order valence-electron chi connectivity index (χ2n) is 17.8. The minimum Gasteiger partial charge on any atom is -0.490 e. The first-order chi connectivity index (χ1) is 33.6. The highest BCUT2D eigenvalue weighted by atomic mass is 35.5. The van der Waals surface area contributed by atoms with Crippen molar-refractivity contribution in [3.05, 3.63) is 57.1 Å². The third-order valence-electron chi connectivity index (χ3n) is 12.6. The van der Waals surface area contributed by atoms with Gasteiger partial charge in [-0.1, -0.05) is 82.1 Å². The number of aliphatic hydroxyl groups excluding tert-OH is 1. The van der Waals surface area contributed by atoms with Crippen LogP contribution in [0.15, 0.2) is 30.3 Å². The maximum atomic E-state index is 12.3. The van der Waals surface area contributed by atoms with Gasteiger partial charge < -0.3 is 50.6 Å². The number of ether oxygens (including phenoxy) is 4. The van der Waals surface area contributed by atoms with Crippen LogP contribution in [0, 0.1) is 5.92 Å². The Morgan fingerprint density at radius 3 is 2.35 bits per heavy atom. The molecule has 4 atom stereocenters. The molecular weight excluding hydrogens is 942 g/mol. The van der Waals surface area contributed by atoms with Gasteiger partial charge in [0.15, 0.2) is 17.3 Å². The number of urea groups is 1. The van der Waals surface area contributed by atoms with Gasteiger partial charge in [-0.25, -0.2) is 4.79 Å². The molecule has 3 heterocycles. The molecule has 18 heteroatoms. The van der Waals surface area contributed by atoms with Gasteiger partial charge in [0.05, 0.1) is 64.0 Å². The van der Waals surface area contributed by atoms with Crippen LogP contribution in [0.25, 0.3) is 11.3 Å². The van der Waals surface area contributed by atoms with E-state index in [1.54, 1.807) is 0 Å². The molecule has 384 valence electrons. The maximum Gasteiger partial charge on any atom is 0.315 e. The maximum absolute atomic E-state index is 12.3. The van der Waals surface area contributed by atoms with Gasteiger partial charge in [0, 0.05) is 89.7 Å². The molecular formula is C51H77Cl2N7O8S. The average Bonchev–Trinajstić information content (AvgIpc) is 4.09. The summed E-state index contributed by atoms with van der Waals surface area (Å²) in [6.07, 6.45) is 11.8. The van der Waals surface area contributed by atoms with Crippen LogP contribution >= 0.6 is 35.0 Å². The molecule has 4 unspecified atom stereocenters. The van der Waals surface area contributed by atoms with E-state index in [0.29, 0.717) is 125 Å². The molecule has 1 aliphatic carbocycles. The number of amides is 4. The van der Waals surface area contributed by atoms with Gasteiger partial charge in [-0.3, -0.25) is 14.3 Å². The monoisotopic (exact) mass is 1020 g/mol. The molecule has 0 bridgehead atoms. The van der Waals surface area contributed by atoms with Crippen LogP contribution in [-0.4, -0.2) is 115 Å². The lowest BCUT2D eigenvalue weighted by atomic mass is 10.0. The number of halogens is 2. The van der Waals surface area contributed by atoms with Crippen molar-refractivity contribution in [2.45, 2.75) is 142 Å². The zero-order chi connectivity index (χ0) is 49.4. The number of nitrogens with one attached hydrogen (secondary N) is 5. The molecule has 15 nitrogen and oxygen atoms in total. The van der Waals surface area contributed by atoms with Crippen molar-refractivity contribution in [2.24, 2.45) is 5.92 Å². The van der Waals surface area contributed by atoms with Crippen molar-refractivity contribution in [1.29, 1.82) is 0 Å². The fraction of sp³-hybridized carbons (Fsp3) is 0.647. The fourth-order valence-corrected chi connectivity index (χ4v) is 10.6. The summed E-state index contributed by atoms with van der Waals surface area (Å²) in [7, 11) is 0. The highest BCUT2D eigenvalue weighted by molar-refractivity contribution is 8.00. The van der Waals surface area contributed by atoms with Crippen LogP contribution in [0.2, 0.25) is 10.0 Å². The van der Waals surface area contributed by atoms with Crippen LogP contribution in [0.4, 0.5) is 10.6 Å². The summed E-state index contributed by atoms with van der Waals surface area (Å²) >= 11 is 14.8. The Bertz CT molecular complexity index is 2040. The Morgan fingerprint density at radius 2 is 1.62 bits per heavy atom. The van der Waals surface area contributed by atoms with Crippen molar-refractivity contribution in [3.8, 4) is 22.8 Å². The largest absolute Gasteiger partial charge is 0.490 e. The van der Waals surface area contributed by atoms with Crippen LogP contribution < -0.4 is 36.1 Å². The van der Waals surface area contributed by atoms with Crippen molar-refractivity contribution in [3.63, 3.8) is 0 Å². The predicted octanol–water partition coefficient (Wildman–Crippen LogP) is 8.92. The summed E-state index contributed by atoms with van der Waals surface area (Å²) in [5.41, 5.74) is 4.90. The molecule has 1 aromatic heterocycles. The van der Waals surface area contributed by atoms with Gasteiger partial charge in [0.1, 0.15) is 0 Å². The number of benzene rings is 2. The molecule has 6 rings (SSSR count). The van der Waals surface area contributed by atoms with Gasteiger partial charge in [-0.2, -0.15) is 16.9 Å². The number of carbonyl (C=O) groups is 3. The third-order valence-corrected chi connectivity index (χ3v) is 14.8. The average molecular weight is 1020 g/mol. The Labute approximate surface area is 423 Å². The number of hydrogen-bond donors (Lipinski definition) is 6. The van der Waals surface area contributed by atoms with Gasteiger partial charge in [-0.15, -0.1) is 0 Å². The number of aliphatic hydroxyl groups is 1. The summed E-state index contributed by atoms with van der Waals surface area (Å²) in [6, 6.07) is 9.82. The van der Waals surface area contributed by atoms with Gasteiger partial charge in [-0.05, 0) is 68.4 Å². The second kappa shape index (κ2) is 30.7. The van der Waals surface area contributed by atoms with E-state index in [1.165, 1.54) is 25.7 Å². The van der Waals surface area contributed by atoms with Crippen LogP contribution in [0.1, 0.15) is 121 Å². The van der Waals surface area contributed by atoms with E-state index in [0.717, 1.165) is 71.1 Å². The van der Waals surface area contributed by atoms with Gasteiger partial charge >= 0.3 is 6.03 Å². The van der Waals surface area contributed by atoms with E-state index in [2.05, 4.69) is 47.4 Å².